The van der Waals surface area contributed by atoms with Crippen molar-refractivity contribution >= 4 is 28.2 Å². The highest BCUT2D eigenvalue weighted by Crippen LogP contribution is 2.45. The Morgan fingerprint density at radius 1 is 1.00 bits per heavy atom. The van der Waals surface area contributed by atoms with E-state index >= 15 is 0 Å². The number of aliphatic hydroxyl groups excluding tert-OH is 2. The van der Waals surface area contributed by atoms with Crippen LogP contribution in [-0.4, -0.2) is 69.0 Å². The van der Waals surface area contributed by atoms with E-state index in [1.165, 1.54) is 0 Å². The molecule has 0 radical (unpaired) electrons. The highest BCUT2D eigenvalue weighted by molar-refractivity contribution is 7.47. The molecular weight excluding hydrogens is 350 g/mol. The SMILES string of the molecule is O=CC[C@H](OP(=O)(O)OCC(O)C=O)[C@H](O)COP(=O)(O)O. The summed E-state index contributed by atoms with van der Waals surface area (Å²) in [5.41, 5.74) is 0. The first-order valence-electron chi connectivity index (χ1n) is 5.61. The molecule has 0 aromatic rings. The highest BCUT2D eigenvalue weighted by atomic mass is 31.2. The maximum absolute atomic E-state index is 11.5. The van der Waals surface area contributed by atoms with Crippen molar-refractivity contribution in [2.24, 2.45) is 0 Å². The molecule has 0 rings (SSSR count). The second-order valence-corrected chi connectivity index (χ2v) is 6.51. The molecule has 0 aliphatic heterocycles. The van der Waals surface area contributed by atoms with Gasteiger partial charge in [0.1, 0.15) is 24.6 Å². The lowest BCUT2D eigenvalue weighted by Gasteiger charge is -2.23. The number of carbonyl (C=O) groups excluding carboxylic acids is 2. The highest BCUT2D eigenvalue weighted by Gasteiger charge is 2.32. The third-order valence-corrected chi connectivity index (χ3v) is 3.50. The van der Waals surface area contributed by atoms with Gasteiger partial charge in [-0.3, -0.25) is 13.6 Å². The second kappa shape index (κ2) is 9.58. The maximum Gasteiger partial charge on any atom is 0.472 e. The standard InChI is InChI=1S/C8H16O12P2/c9-2-1-8(7(12)5-18-21(13,14)15)20-22(16,17)19-4-6(11)3-10/h2-3,6-8,11-12H,1,4-5H2,(H,16,17)(H2,13,14,15)/t6?,7-,8+/m1/s1. The van der Waals surface area contributed by atoms with Crippen LogP contribution in [0, 0.1) is 0 Å². The molecule has 5 N–H and O–H groups in total. The zero-order valence-electron chi connectivity index (χ0n) is 11.0. The molecule has 14 heteroatoms. The predicted molar refractivity (Wildman–Crippen MR) is 67.4 cm³/mol. The number of rotatable bonds is 12. The molecule has 0 amide bonds. The fourth-order valence-electron chi connectivity index (χ4n) is 1.06. The Morgan fingerprint density at radius 2 is 1.59 bits per heavy atom. The number of phosphoric ester groups is 2. The second-order valence-electron chi connectivity index (χ2n) is 3.87. The summed E-state index contributed by atoms with van der Waals surface area (Å²) in [6.07, 6.45) is -5.56. The lowest BCUT2D eigenvalue weighted by atomic mass is 10.2. The van der Waals surface area contributed by atoms with E-state index in [9.17, 15) is 28.7 Å². The average molecular weight is 366 g/mol. The van der Waals surface area contributed by atoms with E-state index in [1.54, 1.807) is 0 Å². The maximum atomic E-state index is 11.5. The molecule has 0 bridgehead atoms. The molecule has 22 heavy (non-hydrogen) atoms. The molecule has 12 nitrogen and oxygen atoms in total. The molecule has 0 aromatic heterocycles. The van der Waals surface area contributed by atoms with Crippen LogP contribution in [0.3, 0.4) is 0 Å². The van der Waals surface area contributed by atoms with Crippen LogP contribution in [0.25, 0.3) is 0 Å². The molecule has 0 saturated carbocycles. The van der Waals surface area contributed by atoms with Crippen LogP contribution in [0.2, 0.25) is 0 Å². The summed E-state index contributed by atoms with van der Waals surface area (Å²) in [5.74, 6) is 0. The van der Waals surface area contributed by atoms with E-state index in [0.29, 0.717) is 0 Å². The molecule has 0 spiro atoms. The third-order valence-electron chi connectivity index (χ3n) is 2.01. The molecule has 2 unspecified atom stereocenters. The molecule has 0 saturated heterocycles. The lowest BCUT2D eigenvalue weighted by molar-refractivity contribution is -0.116. The van der Waals surface area contributed by atoms with Crippen molar-refractivity contribution in [3.8, 4) is 0 Å². The first-order valence-corrected chi connectivity index (χ1v) is 8.64. The molecule has 0 aliphatic carbocycles. The summed E-state index contributed by atoms with van der Waals surface area (Å²) < 4.78 is 34.6. The largest absolute Gasteiger partial charge is 0.472 e. The quantitative estimate of drug-likeness (QED) is 0.190. The summed E-state index contributed by atoms with van der Waals surface area (Å²) in [5, 5.41) is 18.4. The van der Waals surface area contributed by atoms with E-state index < -0.39 is 53.6 Å². The minimum atomic E-state index is -4.90. The number of hydrogen-bond donors (Lipinski definition) is 5. The van der Waals surface area contributed by atoms with E-state index in [2.05, 4.69) is 13.6 Å². The van der Waals surface area contributed by atoms with Crippen molar-refractivity contribution in [3.63, 3.8) is 0 Å². The first-order chi connectivity index (χ1) is 10.0. The van der Waals surface area contributed by atoms with Crippen LogP contribution in [0.5, 0.6) is 0 Å². The van der Waals surface area contributed by atoms with Gasteiger partial charge in [0.25, 0.3) is 0 Å². The van der Waals surface area contributed by atoms with Gasteiger partial charge < -0.3 is 34.5 Å². The van der Waals surface area contributed by atoms with E-state index in [0.717, 1.165) is 0 Å². The molecule has 130 valence electrons. The summed E-state index contributed by atoms with van der Waals surface area (Å²) >= 11 is 0. The van der Waals surface area contributed by atoms with Crippen molar-refractivity contribution in [1.29, 1.82) is 0 Å². The van der Waals surface area contributed by atoms with Crippen molar-refractivity contribution in [3.05, 3.63) is 0 Å². The predicted octanol–water partition coefficient (Wildman–Crippen LogP) is -1.89. The molecule has 0 aliphatic rings. The van der Waals surface area contributed by atoms with Crippen LogP contribution in [-0.2, 0) is 32.3 Å². The Balaban J connectivity index is 4.66. The van der Waals surface area contributed by atoms with Crippen LogP contribution < -0.4 is 0 Å². The van der Waals surface area contributed by atoms with Gasteiger partial charge in [-0.1, -0.05) is 0 Å². The number of hydrogen-bond acceptors (Lipinski definition) is 9. The Bertz CT molecular complexity index is 446. The van der Waals surface area contributed by atoms with Crippen molar-refractivity contribution in [2.45, 2.75) is 24.7 Å². The normalized spacial score (nSPS) is 19.0. The van der Waals surface area contributed by atoms with E-state index in [1.807, 2.05) is 0 Å². The molecule has 0 heterocycles. The van der Waals surface area contributed by atoms with Crippen LogP contribution in [0.15, 0.2) is 0 Å². The van der Waals surface area contributed by atoms with Crippen LogP contribution in [0.1, 0.15) is 6.42 Å². The third kappa shape index (κ3) is 10.2. The molecule has 4 atom stereocenters. The Kier molecular flexibility index (Phi) is 9.35. The monoisotopic (exact) mass is 366 g/mol. The van der Waals surface area contributed by atoms with E-state index in [4.69, 9.17) is 14.9 Å². The Labute approximate surface area is 124 Å². The summed E-state index contributed by atoms with van der Waals surface area (Å²) in [6.45, 7) is -1.86. The average Bonchev–Trinajstić information content (AvgIpc) is 2.40. The molecular formula is C8H16O12P2. The number of carbonyl (C=O) groups is 2. The summed E-state index contributed by atoms with van der Waals surface area (Å²) in [7, 11) is -9.75. The van der Waals surface area contributed by atoms with Gasteiger partial charge in [-0.05, 0) is 0 Å². The van der Waals surface area contributed by atoms with E-state index in [-0.39, 0.29) is 12.6 Å². The fourth-order valence-corrected chi connectivity index (χ4v) is 2.38. The molecule has 0 fully saturated rings. The number of phosphoric acid groups is 2. The van der Waals surface area contributed by atoms with Crippen LogP contribution >= 0.6 is 15.6 Å². The van der Waals surface area contributed by atoms with Gasteiger partial charge in [-0.2, -0.15) is 0 Å². The minimum absolute atomic E-state index is 0.0334. The lowest BCUT2D eigenvalue weighted by Crippen LogP contribution is -2.33. The Morgan fingerprint density at radius 3 is 2.05 bits per heavy atom. The van der Waals surface area contributed by atoms with Gasteiger partial charge in [0.2, 0.25) is 0 Å². The zero-order valence-corrected chi connectivity index (χ0v) is 12.8. The van der Waals surface area contributed by atoms with Crippen molar-refractivity contribution < 1.29 is 57.2 Å². The summed E-state index contributed by atoms with van der Waals surface area (Å²) in [6, 6.07) is 0. The number of aliphatic hydroxyl groups is 2. The number of aldehydes is 2. The van der Waals surface area contributed by atoms with Crippen molar-refractivity contribution in [1.82, 2.24) is 0 Å². The zero-order chi connectivity index (χ0) is 17.4. The topological polar surface area (TPSA) is 197 Å². The summed E-state index contributed by atoms with van der Waals surface area (Å²) in [4.78, 5) is 46.8. The van der Waals surface area contributed by atoms with Gasteiger partial charge in [-0.25, -0.2) is 9.13 Å². The van der Waals surface area contributed by atoms with Gasteiger partial charge in [0.15, 0.2) is 6.29 Å². The minimum Gasteiger partial charge on any atom is -0.388 e. The van der Waals surface area contributed by atoms with Gasteiger partial charge in [0.05, 0.1) is 13.2 Å². The smallest absolute Gasteiger partial charge is 0.388 e. The van der Waals surface area contributed by atoms with Gasteiger partial charge in [0, 0.05) is 6.42 Å². The first kappa shape index (κ1) is 21.5. The fraction of sp³-hybridized carbons (Fsp3) is 0.750. The van der Waals surface area contributed by atoms with Crippen molar-refractivity contribution in [2.75, 3.05) is 13.2 Å². The Hall–Kier alpha value is -0.520. The van der Waals surface area contributed by atoms with Gasteiger partial charge in [-0.15, -0.1) is 0 Å². The van der Waals surface area contributed by atoms with Crippen LogP contribution in [0.4, 0.5) is 0 Å². The van der Waals surface area contributed by atoms with Gasteiger partial charge >= 0.3 is 15.6 Å². The molecule has 0 aromatic carbocycles.